The normalized spacial score (nSPS) is 11.8. The summed E-state index contributed by atoms with van der Waals surface area (Å²) < 4.78 is 23.1. The molecule has 0 spiro atoms. The number of halogens is 1. The van der Waals surface area contributed by atoms with Gasteiger partial charge in [-0.05, 0) is 12.1 Å². The van der Waals surface area contributed by atoms with Crippen molar-refractivity contribution in [3.8, 4) is 0 Å². The molecule has 5 heteroatoms. The van der Waals surface area contributed by atoms with E-state index < -0.39 is 10.0 Å². The van der Waals surface area contributed by atoms with E-state index in [2.05, 4.69) is 0 Å². The van der Waals surface area contributed by atoms with Gasteiger partial charge in [-0.15, -0.1) is 11.6 Å². The van der Waals surface area contributed by atoms with Gasteiger partial charge in [0.25, 0.3) is 0 Å². The monoisotopic (exact) mass is 193 g/mol. The third-order valence-electron chi connectivity index (χ3n) is 1.29. The lowest BCUT2D eigenvalue weighted by molar-refractivity contribution is 0.592. The van der Waals surface area contributed by atoms with Crippen LogP contribution in [0.25, 0.3) is 0 Å². The van der Waals surface area contributed by atoms with Crippen LogP contribution < -0.4 is 0 Å². The molecule has 0 aliphatic carbocycles. The summed E-state index contributed by atoms with van der Waals surface area (Å²) in [6, 6.07) is 3.33. The molecular weight excluding hydrogens is 186 g/mol. The maximum absolute atomic E-state index is 11.0. The summed E-state index contributed by atoms with van der Waals surface area (Å²) in [5, 5.41) is 0. The van der Waals surface area contributed by atoms with Crippen molar-refractivity contribution in [3.05, 3.63) is 24.0 Å². The van der Waals surface area contributed by atoms with E-state index in [4.69, 9.17) is 11.6 Å². The van der Waals surface area contributed by atoms with Crippen LogP contribution in [0.15, 0.2) is 18.3 Å². The van der Waals surface area contributed by atoms with Crippen molar-refractivity contribution in [1.82, 2.24) is 3.97 Å². The Bertz CT molecular complexity index is 341. The third-order valence-corrected chi connectivity index (χ3v) is 2.63. The van der Waals surface area contributed by atoms with Crippen molar-refractivity contribution in [1.29, 1.82) is 0 Å². The summed E-state index contributed by atoms with van der Waals surface area (Å²) in [4.78, 5) is 0. The van der Waals surface area contributed by atoms with Gasteiger partial charge in [-0.2, -0.15) is 0 Å². The Labute approximate surface area is 70.6 Å². The number of hydrogen-bond donors (Lipinski definition) is 0. The summed E-state index contributed by atoms with van der Waals surface area (Å²) in [6.07, 6.45) is 2.62. The first-order chi connectivity index (χ1) is 5.05. The first-order valence-corrected chi connectivity index (χ1v) is 5.36. The van der Waals surface area contributed by atoms with Crippen LogP contribution in [0, 0.1) is 0 Å². The minimum atomic E-state index is -3.17. The lowest BCUT2D eigenvalue weighted by atomic mass is 10.5. The van der Waals surface area contributed by atoms with Crippen molar-refractivity contribution in [3.63, 3.8) is 0 Å². The van der Waals surface area contributed by atoms with E-state index in [1.807, 2.05) is 0 Å². The van der Waals surface area contributed by atoms with Gasteiger partial charge in [0.05, 0.1) is 12.1 Å². The molecule has 0 saturated carbocycles. The second-order valence-corrected chi connectivity index (χ2v) is 4.32. The molecule has 0 saturated heterocycles. The molecule has 11 heavy (non-hydrogen) atoms. The molecule has 0 aliphatic heterocycles. The topological polar surface area (TPSA) is 39.1 Å². The predicted octanol–water partition coefficient (Wildman–Crippen LogP) is 1.03. The molecule has 62 valence electrons. The van der Waals surface area contributed by atoms with E-state index >= 15 is 0 Å². The number of aromatic nitrogens is 1. The standard InChI is InChI=1S/C6H8ClNO2S/c1-11(9,10)8-4-2-3-6(8)5-7/h2-4H,5H2,1H3. The van der Waals surface area contributed by atoms with Gasteiger partial charge in [-0.3, -0.25) is 0 Å². The van der Waals surface area contributed by atoms with E-state index in [0.29, 0.717) is 5.69 Å². The SMILES string of the molecule is CS(=O)(=O)n1cccc1CCl. The highest BCUT2D eigenvalue weighted by molar-refractivity contribution is 7.89. The van der Waals surface area contributed by atoms with E-state index in [1.54, 1.807) is 12.1 Å². The van der Waals surface area contributed by atoms with Gasteiger partial charge < -0.3 is 0 Å². The van der Waals surface area contributed by atoms with Crippen LogP contribution >= 0.6 is 11.6 Å². The predicted molar refractivity (Wildman–Crippen MR) is 44.2 cm³/mol. The van der Waals surface area contributed by atoms with Crippen LogP contribution in [0.1, 0.15) is 5.69 Å². The molecule has 0 fully saturated rings. The maximum atomic E-state index is 11.0. The molecule has 1 rings (SSSR count). The van der Waals surface area contributed by atoms with Crippen molar-refractivity contribution in [2.75, 3.05) is 6.26 Å². The fraction of sp³-hybridized carbons (Fsp3) is 0.333. The average Bonchev–Trinajstić information content (AvgIpc) is 2.31. The van der Waals surface area contributed by atoms with Crippen LogP contribution in [-0.2, 0) is 15.9 Å². The number of rotatable bonds is 2. The van der Waals surface area contributed by atoms with Gasteiger partial charge in [-0.1, -0.05) is 0 Å². The quantitative estimate of drug-likeness (QED) is 0.659. The molecule has 0 aliphatic rings. The molecule has 1 aromatic rings. The van der Waals surface area contributed by atoms with Crippen molar-refractivity contribution < 1.29 is 8.42 Å². The van der Waals surface area contributed by atoms with Crippen LogP contribution in [-0.4, -0.2) is 18.6 Å². The Morgan fingerprint density at radius 2 is 2.27 bits per heavy atom. The lowest BCUT2D eigenvalue weighted by Gasteiger charge is -2.02. The third kappa shape index (κ3) is 1.75. The lowest BCUT2D eigenvalue weighted by Crippen LogP contribution is -2.10. The van der Waals surface area contributed by atoms with Crippen molar-refractivity contribution in [2.45, 2.75) is 5.88 Å². The molecule has 0 bridgehead atoms. The zero-order valence-corrected chi connectivity index (χ0v) is 7.56. The molecule has 0 unspecified atom stereocenters. The van der Waals surface area contributed by atoms with Crippen LogP contribution in [0.2, 0.25) is 0 Å². The number of alkyl halides is 1. The fourth-order valence-corrected chi connectivity index (χ4v) is 1.96. The summed E-state index contributed by atoms with van der Waals surface area (Å²) in [5.41, 5.74) is 0.592. The largest absolute Gasteiger partial charge is 0.249 e. The van der Waals surface area contributed by atoms with E-state index in [9.17, 15) is 8.42 Å². The van der Waals surface area contributed by atoms with E-state index in [0.717, 1.165) is 6.26 Å². The number of hydrogen-bond acceptors (Lipinski definition) is 2. The van der Waals surface area contributed by atoms with Gasteiger partial charge in [0.2, 0.25) is 10.0 Å². The highest BCUT2D eigenvalue weighted by Gasteiger charge is 2.07. The van der Waals surface area contributed by atoms with E-state index in [1.165, 1.54) is 10.2 Å². The van der Waals surface area contributed by atoms with Crippen molar-refractivity contribution >= 4 is 21.6 Å². The fourth-order valence-electron chi connectivity index (χ4n) is 0.828. The minimum absolute atomic E-state index is 0.208. The molecule has 1 heterocycles. The van der Waals surface area contributed by atoms with Gasteiger partial charge in [0.1, 0.15) is 0 Å². The van der Waals surface area contributed by atoms with Gasteiger partial charge in [-0.25, -0.2) is 12.4 Å². The Balaban J connectivity index is 3.24. The van der Waals surface area contributed by atoms with Crippen LogP contribution in [0.4, 0.5) is 0 Å². The smallest absolute Gasteiger partial charge is 0.235 e. The zero-order chi connectivity index (χ0) is 8.48. The van der Waals surface area contributed by atoms with Gasteiger partial charge in [0.15, 0.2) is 0 Å². The van der Waals surface area contributed by atoms with Gasteiger partial charge >= 0.3 is 0 Å². The molecule has 0 radical (unpaired) electrons. The minimum Gasteiger partial charge on any atom is -0.249 e. The second-order valence-electron chi connectivity index (χ2n) is 2.19. The van der Waals surface area contributed by atoms with E-state index in [-0.39, 0.29) is 5.88 Å². The molecule has 0 atom stereocenters. The Kier molecular flexibility index (Phi) is 2.25. The first kappa shape index (κ1) is 8.62. The van der Waals surface area contributed by atoms with Gasteiger partial charge in [0, 0.05) is 11.9 Å². The highest BCUT2D eigenvalue weighted by Crippen LogP contribution is 2.07. The summed E-state index contributed by atoms with van der Waals surface area (Å²) in [7, 11) is -3.17. The average molecular weight is 194 g/mol. The molecule has 1 aromatic heterocycles. The highest BCUT2D eigenvalue weighted by atomic mass is 35.5. The molecule has 0 aromatic carbocycles. The van der Waals surface area contributed by atoms with Crippen LogP contribution in [0.3, 0.4) is 0 Å². The maximum Gasteiger partial charge on any atom is 0.235 e. The summed E-state index contributed by atoms with van der Waals surface area (Å²) in [5.74, 6) is 0.208. The molecule has 3 nitrogen and oxygen atoms in total. The Morgan fingerprint density at radius 3 is 2.64 bits per heavy atom. The van der Waals surface area contributed by atoms with Crippen molar-refractivity contribution in [2.24, 2.45) is 0 Å². The second kappa shape index (κ2) is 2.87. The Hall–Kier alpha value is -0.480. The molecular formula is C6H8ClNO2S. The zero-order valence-electron chi connectivity index (χ0n) is 5.99. The Morgan fingerprint density at radius 1 is 1.64 bits per heavy atom. The first-order valence-electron chi connectivity index (χ1n) is 2.98. The van der Waals surface area contributed by atoms with Crippen LogP contribution in [0.5, 0.6) is 0 Å². The molecule has 0 amide bonds. The summed E-state index contributed by atoms with van der Waals surface area (Å²) in [6.45, 7) is 0. The number of nitrogens with zero attached hydrogens (tertiary/aromatic N) is 1. The molecule has 0 N–H and O–H groups in total. The summed E-state index contributed by atoms with van der Waals surface area (Å²) >= 11 is 5.49.